The monoisotopic (exact) mass is 253 g/mol. The first-order chi connectivity index (χ1) is 6.63. The molecule has 0 aliphatic heterocycles. The van der Waals surface area contributed by atoms with Crippen LogP contribution in [0.3, 0.4) is 0 Å². The lowest BCUT2D eigenvalue weighted by atomic mass is 10.2. The Labute approximate surface area is 90.4 Å². The van der Waals surface area contributed by atoms with Gasteiger partial charge < -0.3 is 4.74 Å². The fraction of sp³-hybridized carbons (Fsp3) is 0.200. The standard InChI is InChI=1S/C10H8BrNO2/c1-7(13)6-14-9-2-3-10(11)8(4-9)5-12/h2-4H,6H2,1H3. The summed E-state index contributed by atoms with van der Waals surface area (Å²) in [6, 6.07) is 7.02. The molecule has 0 spiro atoms. The molecule has 0 saturated heterocycles. The highest BCUT2D eigenvalue weighted by atomic mass is 79.9. The molecule has 0 fully saturated rings. The Hall–Kier alpha value is -1.34. The number of ketones is 1. The third-order valence-electron chi connectivity index (χ3n) is 1.50. The topological polar surface area (TPSA) is 50.1 Å². The van der Waals surface area contributed by atoms with Gasteiger partial charge in [-0.05, 0) is 41.1 Å². The highest BCUT2D eigenvalue weighted by molar-refractivity contribution is 9.10. The molecule has 1 aromatic carbocycles. The Balaban J connectivity index is 2.80. The second-order valence-electron chi connectivity index (χ2n) is 2.74. The summed E-state index contributed by atoms with van der Waals surface area (Å²) in [5.74, 6) is 0.478. The van der Waals surface area contributed by atoms with E-state index in [2.05, 4.69) is 15.9 Å². The van der Waals surface area contributed by atoms with Crippen molar-refractivity contribution >= 4 is 21.7 Å². The summed E-state index contributed by atoms with van der Waals surface area (Å²) in [4.78, 5) is 10.6. The molecule has 4 heteroatoms. The van der Waals surface area contributed by atoms with Crippen molar-refractivity contribution in [2.24, 2.45) is 0 Å². The molecular weight excluding hydrogens is 246 g/mol. The molecule has 0 aliphatic carbocycles. The molecule has 1 rings (SSSR count). The molecule has 0 bridgehead atoms. The first kappa shape index (κ1) is 10.7. The zero-order valence-corrected chi connectivity index (χ0v) is 9.17. The van der Waals surface area contributed by atoms with Crippen LogP contribution in [0.1, 0.15) is 12.5 Å². The Bertz CT molecular complexity index is 396. The molecule has 0 unspecified atom stereocenters. The van der Waals surface area contributed by atoms with Gasteiger partial charge in [0.05, 0.1) is 5.56 Å². The van der Waals surface area contributed by atoms with Gasteiger partial charge in [0.2, 0.25) is 0 Å². The normalized spacial score (nSPS) is 9.21. The molecule has 0 heterocycles. The molecular formula is C10H8BrNO2. The lowest BCUT2D eigenvalue weighted by Crippen LogP contribution is -2.06. The van der Waals surface area contributed by atoms with Crippen LogP contribution in [-0.2, 0) is 4.79 Å². The van der Waals surface area contributed by atoms with Crippen LogP contribution < -0.4 is 4.74 Å². The Morgan fingerprint density at radius 1 is 1.64 bits per heavy atom. The maximum absolute atomic E-state index is 10.6. The first-order valence-corrected chi connectivity index (χ1v) is 4.74. The van der Waals surface area contributed by atoms with Gasteiger partial charge >= 0.3 is 0 Å². The van der Waals surface area contributed by atoms with Gasteiger partial charge in [-0.25, -0.2) is 0 Å². The van der Waals surface area contributed by atoms with Gasteiger partial charge in [0, 0.05) is 4.47 Å². The third kappa shape index (κ3) is 2.86. The summed E-state index contributed by atoms with van der Waals surface area (Å²) in [5, 5.41) is 8.72. The predicted octanol–water partition coefficient (Wildman–Crippen LogP) is 2.29. The average Bonchev–Trinajstić information content (AvgIpc) is 2.16. The van der Waals surface area contributed by atoms with Crippen LogP contribution in [0.2, 0.25) is 0 Å². The predicted molar refractivity (Wildman–Crippen MR) is 55.0 cm³/mol. The number of Topliss-reactive ketones (excluding diaryl/α,β-unsaturated/α-hetero) is 1. The number of nitrogens with zero attached hydrogens (tertiary/aromatic N) is 1. The number of halogens is 1. The van der Waals surface area contributed by atoms with E-state index in [1.165, 1.54) is 6.92 Å². The molecule has 0 atom stereocenters. The number of carbonyl (C=O) groups is 1. The van der Waals surface area contributed by atoms with E-state index in [9.17, 15) is 4.79 Å². The summed E-state index contributed by atoms with van der Waals surface area (Å²) in [7, 11) is 0. The van der Waals surface area contributed by atoms with Crippen molar-refractivity contribution < 1.29 is 9.53 Å². The van der Waals surface area contributed by atoms with Crippen LogP contribution in [0.4, 0.5) is 0 Å². The Morgan fingerprint density at radius 2 is 2.36 bits per heavy atom. The van der Waals surface area contributed by atoms with Gasteiger partial charge in [0.15, 0.2) is 5.78 Å². The number of rotatable bonds is 3. The van der Waals surface area contributed by atoms with Gasteiger partial charge in [-0.15, -0.1) is 0 Å². The molecule has 0 aliphatic rings. The molecule has 0 amide bonds. The highest BCUT2D eigenvalue weighted by Crippen LogP contribution is 2.21. The molecule has 72 valence electrons. The number of ether oxygens (including phenoxy) is 1. The summed E-state index contributed by atoms with van der Waals surface area (Å²) in [6.07, 6.45) is 0. The second kappa shape index (κ2) is 4.77. The SMILES string of the molecule is CC(=O)COc1ccc(Br)c(C#N)c1. The fourth-order valence-corrected chi connectivity index (χ4v) is 1.20. The average molecular weight is 254 g/mol. The number of hydrogen-bond acceptors (Lipinski definition) is 3. The third-order valence-corrected chi connectivity index (χ3v) is 2.19. The number of carbonyl (C=O) groups excluding carboxylic acids is 1. The van der Waals surface area contributed by atoms with Gasteiger partial charge in [-0.2, -0.15) is 5.26 Å². The van der Waals surface area contributed by atoms with Crippen molar-refractivity contribution in [1.82, 2.24) is 0 Å². The maximum atomic E-state index is 10.6. The van der Waals surface area contributed by atoms with Crippen molar-refractivity contribution in [2.75, 3.05) is 6.61 Å². The zero-order chi connectivity index (χ0) is 10.6. The minimum atomic E-state index is -0.0496. The van der Waals surface area contributed by atoms with Crippen molar-refractivity contribution in [3.63, 3.8) is 0 Å². The lowest BCUT2D eigenvalue weighted by molar-refractivity contribution is -0.118. The smallest absolute Gasteiger partial charge is 0.167 e. The van der Waals surface area contributed by atoms with Crippen molar-refractivity contribution in [1.29, 1.82) is 5.26 Å². The number of hydrogen-bond donors (Lipinski definition) is 0. The molecule has 3 nitrogen and oxygen atoms in total. The fourth-order valence-electron chi connectivity index (χ4n) is 0.865. The molecule has 0 radical (unpaired) electrons. The van der Waals surface area contributed by atoms with E-state index in [4.69, 9.17) is 10.00 Å². The van der Waals surface area contributed by atoms with Gasteiger partial charge in [-0.3, -0.25) is 4.79 Å². The van der Waals surface area contributed by atoms with Crippen LogP contribution in [0.5, 0.6) is 5.75 Å². The van der Waals surface area contributed by atoms with E-state index in [0.717, 1.165) is 4.47 Å². The minimum Gasteiger partial charge on any atom is -0.486 e. The molecule has 14 heavy (non-hydrogen) atoms. The van der Waals surface area contributed by atoms with Gasteiger partial charge in [0.1, 0.15) is 18.4 Å². The van der Waals surface area contributed by atoms with Crippen LogP contribution in [0.25, 0.3) is 0 Å². The van der Waals surface area contributed by atoms with E-state index < -0.39 is 0 Å². The van der Waals surface area contributed by atoms with Crippen molar-refractivity contribution in [3.8, 4) is 11.8 Å². The van der Waals surface area contributed by atoms with Gasteiger partial charge in [0.25, 0.3) is 0 Å². The van der Waals surface area contributed by atoms with Crippen LogP contribution in [0.15, 0.2) is 22.7 Å². The summed E-state index contributed by atoms with van der Waals surface area (Å²) >= 11 is 3.23. The minimum absolute atomic E-state index is 0.0342. The highest BCUT2D eigenvalue weighted by Gasteiger charge is 2.02. The second-order valence-corrected chi connectivity index (χ2v) is 3.60. The van der Waals surface area contributed by atoms with E-state index in [0.29, 0.717) is 11.3 Å². The van der Waals surface area contributed by atoms with Crippen LogP contribution in [0, 0.1) is 11.3 Å². The molecule has 1 aromatic rings. The maximum Gasteiger partial charge on any atom is 0.167 e. The summed E-state index contributed by atoms with van der Waals surface area (Å²) < 4.78 is 5.86. The largest absolute Gasteiger partial charge is 0.486 e. The lowest BCUT2D eigenvalue weighted by Gasteiger charge is -2.04. The summed E-state index contributed by atoms with van der Waals surface area (Å²) in [6.45, 7) is 1.48. The zero-order valence-electron chi connectivity index (χ0n) is 7.58. The van der Waals surface area contributed by atoms with Crippen molar-refractivity contribution in [2.45, 2.75) is 6.92 Å². The van der Waals surface area contributed by atoms with Crippen LogP contribution >= 0.6 is 15.9 Å². The molecule has 0 saturated carbocycles. The van der Waals surface area contributed by atoms with E-state index in [1.54, 1.807) is 18.2 Å². The summed E-state index contributed by atoms with van der Waals surface area (Å²) in [5.41, 5.74) is 0.492. The van der Waals surface area contributed by atoms with E-state index in [-0.39, 0.29) is 12.4 Å². The van der Waals surface area contributed by atoms with Gasteiger partial charge in [-0.1, -0.05) is 0 Å². The van der Waals surface area contributed by atoms with Crippen LogP contribution in [-0.4, -0.2) is 12.4 Å². The quantitative estimate of drug-likeness (QED) is 0.831. The Kier molecular flexibility index (Phi) is 3.66. The molecule has 0 aromatic heterocycles. The van der Waals surface area contributed by atoms with E-state index >= 15 is 0 Å². The Morgan fingerprint density at radius 3 is 2.93 bits per heavy atom. The van der Waals surface area contributed by atoms with Crippen molar-refractivity contribution in [3.05, 3.63) is 28.2 Å². The number of benzene rings is 1. The number of nitriles is 1. The molecule has 0 N–H and O–H groups in total. The first-order valence-electron chi connectivity index (χ1n) is 3.95. The van der Waals surface area contributed by atoms with E-state index in [1.807, 2.05) is 6.07 Å².